The van der Waals surface area contributed by atoms with Gasteiger partial charge in [-0.2, -0.15) is 13.2 Å². The smallest absolute Gasteiger partial charge is 0.422 e. The number of carbonyl (C=O) groups excluding carboxylic acids is 6. The third-order valence-electron chi connectivity index (χ3n) is 10.7. The molecule has 0 aromatic heterocycles. The quantitative estimate of drug-likeness (QED) is 0.0809. The molecule has 6 aromatic rings. The molecule has 1 N–H and O–H groups in total. The lowest BCUT2D eigenvalue weighted by Gasteiger charge is -2.17. The van der Waals surface area contributed by atoms with Crippen molar-refractivity contribution in [2.75, 3.05) is 42.8 Å². The van der Waals surface area contributed by atoms with E-state index in [1.807, 2.05) is 0 Å². The Morgan fingerprint density at radius 3 is 1.28 bits per heavy atom. The number of amides is 4. The summed E-state index contributed by atoms with van der Waals surface area (Å²) in [6.45, 7) is 6.03. The molecule has 69 heavy (non-hydrogen) atoms. The molecule has 0 atom stereocenters. The van der Waals surface area contributed by atoms with Gasteiger partial charge in [0.05, 0.1) is 82.9 Å². The van der Waals surface area contributed by atoms with Crippen LogP contribution in [0.4, 0.5) is 24.5 Å². The predicted molar refractivity (Wildman–Crippen MR) is 249 cm³/mol. The number of carbonyl (C=O) groups is 6. The van der Waals surface area contributed by atoms with Crippen molar-refractivity contribution in [3.05, 3.63) is 128 Å². The molecule has 2 aliphatic rings. The number of rotatable bonds is 14. The Morgan fingerprint density at radius 1 is 0.536 bits per heavy atom. The second kappa shape index (κ2) is 20.5. The molecule has 0 bridgehead atoms. The van der Waals surface area contributed by atoms with Gasteiger partial charge in [-0.25, -0.2) is 9.80 Å². The van der Waals surface area contributed by atoms with E-state index in [0.717, 1.165) is 9.80 Å². The molecule has 14 nitrogen and oxygen atoms in total. The Balaban J connectivity index is 0.000000206. The van der Waals surface area contributed by atoms with Gasteiger partial charge in [0.15, 0.2) is 6.61 Å². The van der Waals surface area contributed by atoms with Crippen LogP contribution >= 0.6 is 23.2 Å². The molecule has 0 radical (unpaired) electrons. The van der Waals surface area contributed by atoms with Crippen molar-refractivity contribution in [3.8, 4) is 23.0 Å². The fourth-order valence-corrected chi connectivity index (χ4v) is 8.56. The van der Waals surface area contributed by atoms with Crippen molar-refractivity contribution in [2.45, 2.75) is 46.7 Å². The monoisotopic (exact) mass is 988 g/mol. The maximum absolute atomic E-state index is 13.6. The number of alkyl halides is 3. The number of hydrogen-bond donors (Lipinski definition) is 1. The highest BCUT2D eigenvalue weighted by molar-refractivity contribution is 6.43. The topological polar surface area (TPSA) is 175 Å². The lowest BCUT2D eigenvalue weighted by Crippen LogP contribution is -2.30. The molecule has 2 aliphatic heterocycles. The molecule has 0 unspecified atom stereocenters. The summed E-state index contributed by atoms with van der Waals surface area (Å²) in [5, 5.41) is 12.4. The molecule has 4 amide bonds. The van der Waals surface area contributed by atoms with Crippen molar-refractivity contribution < 1.29 is 70.7 Å². The number of imide groups is 2. The second-order valence-corrected chi connectivity index (χ2v) is 15.9. The van der Waals surface area contributed by atoms with E-state index in [4.69, 9.17) is 46.9 Å². The first-order valence-electron chi connectivity index (χ1n) is 21.4. The van der Waals surface area contributed by atoms with Gasteiger partial charge in [0, 0.05) is 21.5 Å². The summed E-state index contributed by atoms with van der Waals surface area (Å²) >= 11 is 12.8. The van der Waals surface area contributed by atoms with Crippen molar-refractivity contribution in [3.63, 3.8) is 0 Å². The maximum atomic E-state index is 13.6. The van der Waals surface area contributed by atoms with Gasteiger partial charge in [-0.05, 0) is 63.1 Å². The van der Waals surface area contributed by atoms with E-state index in [1.165, 1.54) is 36.4 Å². The average molecular weight is 990 g/mol. The highest BCUT2D eigenvalue weighted by atomic mass is 35.5. The van der Waals surface area contributed by atoms with Gasteiger partial charge in [-0.3, -0.25) is 28.8 Å². The molecule has 0 saturated carbocycles. The zero-order chi connectivity index (χ0) is 49.9. The Kier molecular flexibility index (Phi) is 14.7. The Morgan fingerprint density at radius 2 is 0.899 bits per heavy atom. The fourth-order valence-electron chi connectivity index (χ4n) is 7.99. The number of anilines is 2. The predicted octanol–water partition coefficient (Wildman–Crippen LogP) is 10.2. The molecule has 6 aromatic carbocycles. The number of fused-ring (bicyclic) bond motifs is 4. The van der Waals surface area contributed by atoms with Crippen LogP contribution in [-0.4, -0.2) is 79.9 Å². The van der Waals surface area contributed by atoms with E-state index in [9.17, 15) is 47.0 Å². The lowest BCUT2D eigenvalue weighted by atomic mass is 9.99. The molecular formula is C50H41Cl2F3N2O12. The fraction of sp³-hybridized carbons (Fsp3) is 0.240. The van der Waals surface area contributed by atoms with Crippen LogP contribution < -0.4 is 24.0 Å². The second-order valence-electron chi connectivity index (χ2n) is 15.1. The van der Waals surface area contributed by atoms with Crippen molar-refractivity contribution in [2.24, 2.45) is 0 Å². The summed E-state index contributed by atoms with van der Waals surface area (Å²) < 4.78 is 65.7. The van der Waals surface area contributed by atoms with Crippen LogP contribution in [0.5, 0.6) is 23.0 Å². The molecule has 2 heterocycles. The first kappa shape index (κ1) is 49.5. The molecule has 358 valence electrons. The first-order chi connectivity index (χ1) is 33.0. The van der Waals surface area contributed by atoms with E-state index in [-0.39, 0.29) is 111 Å². The van der Waals surface area contributed by atoms with Gasteiger partial charge < -0.3 is 28.8 Å². The number of benzene rings is 6. The van der Waals surface area contributed by atoms with Crippen molar-refractivity contribution >= 4 is 91.7 Å². The standard InChI is InChI=1S/C26H21ClF3NO6.C24H20ClNO6/c1-3-35-19(32)12-14-9-10-18(17(27)11-14)31-24(33)20-21(25(31)34)23(37-13-26(28,29)30)16-8-6-5-7-15(16)22(20)36-4-2;1-3-31-18(27)12-13-9-10-17(16(25)11-13)26-23(29)19-20(24(26)30)22(32-4-2)15-8-6-5-7-14(15)21(19)28/h5-11H,3-4,12-13H2,1-2H3;5-11,28H,3-4,12H2,1-2H3. The molecule has 0 spiro atoms. The van der Waals surface area contributed by atoms with Crippen molar-refractivity contribution in [1.82, 2.24) is 0 Å². The highest BCUT2D eigenvalue weighted by Crippen LogP contribution is 2.49. The van der Waals surface area contributed by atoms with E-state index in [0.29, 0.717) is 27.3 Å². The Labute approximate surface area is 401 Å². The number of phenols is 1. The number of phenolic OH excluding ortho intramolecular Hbond substituents is 1. The number of aromatic hydroxyl groups is 1. The zero-order valence-corrected chi connectivity index (χ0v) is 38.8. The van der Waals surface area contributed by atoms with E-state index in [1.54, 1.807) is 76.2 Å². The van der Waals surface area contributed by atoms with Gasteiger partial charge in [0.1, 0.15) is 23.0 Å². The van der Waals surface area contributed by atoms with Gasteiger partial charge in [-0.15, -0.1) is 0 Å². The minimum absolute atomic E-state index is 0.000262. The third-order valence-corrected chi connectivity index (χ3v) is 11.3. The van der Waals surface area contributed by atoms with E-state index in [2.05, 4.69) is 0 Å². The van der Waals surface area contributed by atoms with Crippen LogP contribution in [0.25, 0.3) is 21.5 Å². The molecule has 0 fully saturated rings. The summed E-state index contributed by atoms with van der Waals surface area (Å²) in [4.78, 5) is 79.1. The minimum Gasteiger partial charge on any atom is -0.506 e. The number of ether oxygens (including phenoxy) is 5. The van der Waals surface area contributed by atoms with Gasteiger partial charge >= 0.3 is 18.1 Å². The SMILES string of the molecule is CCOC(=O)Cc1ccc(N2C(=O)c3c(c(OCC(F)(F)F)c4ccccc4c3OCC)C2=O)c(Cl)c1.CCOC(=O)Cc1ccc(N2C(=O)c3c(c(OCC)c4ccccc4c3O)C2=O)c(Cl)c1. The lowest BCUT2D eigenvalue weighted by molar-refractivity contribution is -0.153. The van der Waals surface area contributed by atoms with Gasteiger partial charge in [-0.1, -0.05) is 83.9 Å². The highest BCUT2D eigenvalue weighted by Gasteiger charge is 2.46. The molecule has 0 aliphatic carbocycles. The van der Waals surface area contributed by atoms with E-state index < -0.39 is 48.4 Å². The largest absolute Gasteiger partial charge is 0.506 e. The Hall–Kier alpha value is -7.37. The van der Waals surface area contributed by atoms with Crippen LogP contribution in [0, 0.1) is 0 Å². The number of halogens is 5. The molecule has 8 rings (SSSR count). The van der Waals surface area contributed by atoms with Crippen LogP contribution in [0.1, 0.15) is 80.3 Å². The summed E-state index contributed by atoms with van der Waals surface area (Å²) in [5.41, 5.74) is 0.530. The summed E-state index contributed by atoms with van der Waals surface area (Å²) in [5.74, 6) is -4.33. The van der Waals surface area contributed by atoms with E-state index >= 15 is 0 Å². The van der Waals surface area contributed by atoms with Crippen LogP contribution in [0.3, 0.4) is 0 Å². The summed E-state index contributed by atoms with van der Waals surface area (Å²) in [6.07, 6.45) is -4.75. The number of esters is 2. The normalized spacial score (nSPS) is 13.1. The summed E-state index contributed by atoms with van der Waals surface area (Å²) in [6, 6.07) is 22.0. The van der Waals surface area contributed by atoms with Crippen LogP contribution in [0.2, 0.25) is 10.0 Å². The minimum atomic E-state index is -4.68. The van der Waals surface area contributed by atoms with Gasteiger partial charge in [0.25, 0.3) is 23.6 Å². The Bertz CT molecular complexity index is 3090. The summed E-state index contributed by atoms with van der Waals surface area (Å²) in [7, 11) is 0. The molecule has 19 heteroatoms. The van der Waals surface area contributed by atoms with Crippen LogP contribution in [-0.2, 0) is 31.9 Å². The van der Waals surface area contributed by atoms with Crippen molar-refractivity contribution in [1.29, 1.82) is 0 Å². The zero-order valence-electron chi connectivity index (χ0n) is 37.3. The number of nitrogens with zero attached hydrogens (tertiary/aromatic N) is 2. The average Bonchev–Trinajstić information content (AvgIpc) is 3.71. The molecular weight excluding hydrogens is 948 g/mol. The van der Waals surface area contributed by atoms with Gasteiger partial charge in [0.2, 0.25) is 0 Å². The maximum Gasteiger partial charge on any atom is 0.422 e. The first-order valence-corrected chi connectivity index (χ1v) is 22.2. The number of hydrogen-bond acceptors (Lipinski definition) is 12. The third kappa shape index (κ3) is 9.69. The van der Waals surface area contributed by atoms with Crippen LogP contribution in [0.15, 0.2) is 84.9 Å². The molecule has 0 saturated heterocycles.